The number of rotatable bonds is 5. The molecule has 2 aliphatic heterocycles. The Balaban J connectivity index is 1.39. The van der Waals surface area contributed by atoms with E-state index in [-0.39, 0.29) is 23.9 Å². The molecule has 1 saturated carbocycles. The maximum Gasteiger partial charge on any atom is 0.242 e. The molecule has 142 valence electrons. The fourth-order valence-corrected chi connectivity index (χ4v) is 4.57. The summed E-state index contributed by atoms with van der Waals surface area (Å²) < 4.78 is 5.81. The van der Waals surface area contributed by atoms with Crippen molar-refractivity contribution in [2.45, 2.75) is 58.7 Å². The number of nitrogens with one attached hydrogen (secondary N) is 1. The minimum Gasteiger partial charge on any atom is -0.465 e. The van der Waals surface area contributed by atoms with Crippen LogP contribution in [0.5, 0.6) is 0 Å². The minimum atomic E-state index is -0.295. The summed E-state index contributed by atoms with van der Waals surface area (Å²) in [6, 6.07) is 1.94. The summed E-state index contributed by atoms with van der Waals surface area (Å²) in [5, 5.41) is 3.06. The number of hydrogen-bond donors (Lipinski definition) is 1. The van der Waals surface area contributed by atoms with Crippen molar-refractivity contribution in [2.24, 2.45) is 11.8 Å². The molecule has 0 aromatic carbocycles. The molecule has 6 nitrogen and oxygen atoms in total. The third-order valence-electron chi connectivity index (χ3n) is 6.23. The molecule has 2 amide bonds. The molecule has 0 bridgehead atoms. The van der Waals surface area contributed by atoms with E-state index in [4.69, 9.17) is 4.42 Å². The van der Waals surface area contributed by atoms with Crippen molar-refractivity contribution >= 4 is 11.8 Å². The SMILES string of the molecule is CC(=O)N1[C@@H]2CN(Cc3cc(C)c(C)o3)C[C@@H]2C[C@H]1C(=O)NCC1CC1. The molecular weight excluding hydrogens is 330 g/mol. The zero-order valence-corrected chi connectivity index (χ0v) is 16.0. The number of nitrogens with zero attached hydrogens (tertiary/aromatic N) is 2. The van der Waals surface area contributed by atoms with E-state index in [9.17, 15) is 9.59 Å². The summed E-state index contributed by atoms with van der Waals surface area (Å²) in [4.78, 5) is 29.1. The van der Waals surface area contributed by atoms with E-state index in [0.29, 0.717) is 11.8 Å². The van der Waals surface area contributed by atoms with Crippen molar-refractivity contribution in [3.63, 3.8) is 0 Å². The summed E-state index contributed by atoms with van der Waals surface area (Å²) in [5.74, 6) is 3.01. The predicted octanol–water partition coefficient (Wildman–Crippen LogP) is 1.84. The molecule has 6 heteroatoms. The van der Waals surface area contributed by atoms with Crippen LogP contribution in [0.15, 0.2) is 10.5 Å². The van der Waals surface area contributed by atoms with Crippen molar-refractivity contribution in [3.05, 3.63) is 23.2 Å². The molecule has 26 heavy (non-hydrogen) atoms. The first kappa shape index (κ1) is 17.6. The van der Waals surface area contributed by atoms with E-state index in [0.717, 1.165) is 44.1 Å². The Morgan fingerprint density at radius 3 is 2.65 bits per heavy atom. The summed E-state index contributed by atoms with van der Waals surface area (Å²) >= 11 is 0. The zero-order valence-electron chi connectivity index (χ0n) is 16.0. The predicted molar refractivity (Wildman–Crippen MR) is 97.4 cm³/mol. The normalized spacial score (nSPS) is 28.4. The second-order valence-electron chi connectivity index (χ2n) is 8.34. The number of hydrogen-bond acceptors (Lipinski definition) is 4. The summed E-state index contributed by atoms with van der Waals surface area (Å²) in [7, 11) is 0. The summed E-state index contributed by atoms with van der Waals surface area (Å²) in [6.45, 7) is 8.90. The molecule has 0 radical (unpaired) electrons. The van der Waals surface area contributed by atoms with Gasteiger partial charge in [0.25, 0.3) is 0 Å². The van der Waals surface area contributed by atoms with E-state index < -0.39 is 0 Å². The Bertz CT molecular complexity index is 690. The van der Waals surface area contributed by atoms with Crippen LogP contribution in [0.4, 0.5) is 0 Å². The number of furan rings is 1. The molecular formula is C20H29N3O3. The van der Waals surface area contributed by atoms with Gasteiger partial charge in [-0.05, 0) is 56.6 Å². The van der Waals surface area contributed by atoms with Gasteiger partial charge in [0.05, 0.1) is 6.54 Å². The van der Waals surface area contributed by atoms with Crippen molar-refractivity contribution in [2.75, 3.05) is 19.6 Å². The number of carbonyl (C=O) groups excluding carboxylic acids is 2. The summed E-state index contributed by atoms with van der Waals surface area (Å²) in [6.07, 6.45) is 3.20. The van der Waals surface area contributed by atoms with Crippen molar-refractivity contribution in [3.8, 4) is 0 Å². The Morgan fingerprint density at radius 2 is 2.04 bits per heavy atom. The second-order valence-corrected chi connectivity index (χ2v) is 8.34. The number of fused-ring (bicyclic) bond motifs is 1. The molecule has 3 fully saturated rings. The Morgan fingerprint density at radius 1 is 1.27 bits per heavy atom. The highest BCUT2D eigenvalue weighted by molar-refractivity contribution is 5.88. The van der Waals surface area contributed by atoms with Crippen LogP contribution in [0.1, 0.15) is 43.3 Å². The van der Waals surface area contributed by atoms with Gasteiger partial charge in [-0.1, -0.05) is 0 Å². The molecule has 3 atom stereocenters. The van der Waals surface area contributed by atoms with Gasteiger partial charge in [0, 0.05) is 32.6 Å². The molecule has 1 aliphatic carbocycles. The van der Waals surface area contributed by atoms with Gasteiger partial charge in [0.1, 0.15) is 17.6 Å². The minimum absolute atomic E-state index is 0.00982. The Hall–Kier alpha value is -1.82. The smallest absolute Gasteiger partial charge is 0.242 e. The highest BCUT2D eigenvalue weighted by Crippen LogP contribution is 2.37. The number of likely N-dealkylation sites (tertiary alicyclic amines) is 2. The van der Waals surface area contributed by atoms with Gasteiger partial charge >= 0.3 is 0 Å². The second kappa shape index (κ2) is 6.72. The van der Waals surface area contributed by atoms with Crippen LogP contribution in [0, 0.1) is 25.7 Å². The summed E-state index contributed by atoms with van der Waals surface area (Å²) in [5.41, 5.74) is 1.18. The maximum atomic E-state index is 12.6. The number of carbonyl (C=O) groups is 2. The first-order chi connectivity index (χ1) is 12.4. The van der Waals surface area contributed by atoms with E-state index in [2.05, 4.69) is 23.2 Å². The molecule has 0 unspecified atom stereocenters. The van der Waals surface area contributed by atoms with Crippen LogP contribution < -0.4 is 5.32 Å². The molecule has 2 saturated heterocycles. The van der Waals surface area contributed by atoms with Crippen LogP contribution in [-0.4, -0.2) is 53.3 Å². The van der Waals surface area contributed by atoms with Gasteiger partial charge in [-0.25, -0.2) is 0 Å². The van der Waals surface area contributed by atoms with Gasteiger partial charge in [-0.15, -0.1) is 0 Å². The monoisotopic (exact) mass is 359 g/mol. The van der Waals surface area contributed by atoms with Crippen LogP contribution in [0.25, 0.3) is 0 Å². The molecule has 3 aliphatic rings. The third kappa shape index (κ3) is 3.39. The van der Waals surface area contributed by atoms with E-state index in [1.807, 2.05) is 11.8 Å². The van der Waals surface area contributed by atoms with Crippen molar-refractivity contribution in [1.82, 2.24) is 15.1 Å². The largest absolute Gasteiger partial charge is 0.465 e. The molecule has 1 N–H and O–H groups in total. The molecule has 0 spiro atoms. The highest BCUT2D eigenvalue weighted by Gasteiger charge is 2.50. The van der Waals surface area contributed by atoms with E-state index in [1.54, 1.807) is 6.92 Å². The molecule has 1 aromatic heterocycles. The zero-order chi connectivity index (χ0) is 18.4. The lowest BCUT2D eigenvalue weighted by atomic mass is 10.0. The van der Waals surface area contributed by atoms with Gasteiger partial charge in [0.15, 0.2) is 0 Å². The number of amides is 2. The van der Waals surface area contributed by atoms with E-state index in [1.165, 1.54) is 18.4 Å². The van der Waals surface area contributed by atoms with Gasteiger partial charge in [0.2, 0.25) is 11.8 Å². The van der Waals surface area contributed by atoms with Crippen LogP contribution in [-0.2, 0) is 16.1 Å². The number of aryl methyl sites for hydroxylation is 2. The maximum absolute atomic E-state index is 12.6. The van der Waals surface area contributed by atoms with Gasteiger partial charge < -0.3 is 14.6 Å². The van der Waals surface area contributed by atoms with Crippen LogP contribution in [0.2, 0.25) is 0 Å². The Labute approximate surface area is 154 Å². The van der Waals surface area contributed by atoms with Gasteiger partial charge in [-0.2, -0.15) is 0 Å². The van der Waals surface area contributed by atoms with Crippen molar-refractivity contribution in [1.29, 1.82) is 0 Å². The topological polar surface area (TPSA) is 65.8 Å². The first-order valence-corrected chi connectivity index (χ1v) is 9.77. The van der Waals surface area contributed by atoms with Crippen LogP contribution in [0.3, 0.4) is 0 Å². The van der Waals surface area contributed by atoms with Crippen LogP contribution >= 0.6 is 0 Å². The standard InChI is InChI=1S/C20H29N3O3/c1-12-6-17(26-13(12)2)10-22-9-16-7-18(20(25)21-8-15-4-5-15)23(14(3)24)19(16)11-22/h6,15-16,18-19H,4-5,7-11H2,1-3H3,(H,21,25)/t16-,18-,19+/m0/s1. The average molecular weight is 359 g/mol. The lowest BCUT2D eigenvalue weighted by molar-refractivity contribution is -0.138. The fourth-order valence-electron chi connectivity index (χ4n) is 4.57. The van der Waals surface area contributed by atoms with E-state index >= 15 is 0 Å². The lowest BCUT2D eigenvalue weighted by Gasteiger charge is -2.29. The fraction of sp³-hybridized carbons (Fsp3) is 0.700. The highest BCUT2D eigenvalue weighted by atomic mass is 16.3. The van der Waals surface area contributed by atoms with Gasteiger partial charge in [-0.3, -0.25) is 14.5 Å². The Kier molecular flexibility index (Phi) is 4.55. The first-order valence-electron chi connectivity index (χ1n) is 9.77. The lowest BCUT2D eigenvalue weighted by Crippen LogP contribution is -2.50. The quantitative estimate of drug-likeness (QED) is 0.871. The molecule has 4 rings (SSSR count). The molecule has 3 heterocycles. The third-order valence-corrected chi connectivity index (χ3v) is 6.23. The molecule has 1 aromatic rings. The van der Waals surface area contributed by atoms with Crippen molar-refractivity contribution < 1.29 is 14.0 Å². The average Bonchev–Trinajstić information content (AvgIpc) is 3.11.